The first-order valence-corrected chi connectivity index (χ1v) is 8.06. The molecule has 0 atom stereocenters. The van der Waals surface area contributed by atoms with Gasteiger partial charge in [-0.1, -0.05) is 12.1 Å². The molecule has 3 rings (SSSR count). The van der Waals surface area contributed by atoms with E-state index in [4.69, 9.17) is 4.74 Å². The summed E-state index contributed by atoms with van der Waals surface area (Å²) in [5.41, 5.74) is 1.04. The second kappa shape index (κ2) is 6.92. The predicted molar refractivity (Wildman–Crippen MR) is 90.2 cm³/mol. The highest BCUT2D eigenvalue weighted by Crippen LogP contribution is 2.37. The molecule has 1 saturated carbocycles. The molecule has 1 aliphatic rings. The molecular weight excluding hydrogens is 324 g/mol. The van der Waals surface area contributed by atoms with Crippen LogP contribution in [0, 0.1) is 10.1 Å². The Labute approximate surface area is 145 Å². The van der Waals surface area contributed by atoms with E-state index in [0.29, 0.717) is 6.54 Å². The van der Waals surface area contributed by atoms with Gasteiger partial charge in [0.15, 0.2) is 0 Å². The molecule has 0 N–H and O–H groups in total. The molecule has 8 heteroatoms. The van der Waals surface area contributed by atoms with Gasteiger partial charge in [0.25, 0.3) is 0 Å². The summed E-state index contributed by atoms with van der Waals surface area (Å²) in [6.07, 6.45) is 4.47. The Bertz CT molecular complexity index is 765. The molecule has 0 bridgehead atoms. The maximum atomic E-state index is 12.0. The molecule has 1 aromatic heterocycles. The SMILES string of the molecule is COc1ccc(CN(C(C)=O)C2CC(n3cnc([N+](=O)[O-])c3)C2)cc1. The summed E-state index contributed by atoms with van der Waals surface area (Å²) in [6, 6.07) is 7.92. The van der Waals surface area contributed by atoms with Crippen molar-refractivity contribution in [3.05, 3.63) is 52.5 Å². The summed E-state index contributed by atoms with van der Waals surface area (Å²) in [5.74, 6) is 0.657. The zero-order valence-electron chi connectivity index (χ0n) is 14.2. The predicted octanol–water partition coefficient (Wildman–Crippen LogP) is 2.55. The molecule has 132 valence electrons. The van der Waals surface area contributed by atoms with E-state index >= 15 is 0 Å². The van der Waals surface area contributed by atoms with E-state index in [0.717, 1.165) is 24.2 Å². The highest BCUT2D eigenvalue weighted by molar-refractivity contribution is 5.73. The van der Waals surface area contributed by atoms with Gasteiger partial charge < -0.3 is 24.3 Å². The number of nitro groups is 1. The van der Waals surface area contributed by atoms with Crippen molar-refractivity contribution in [1.29, 1.82) is 0 Å². The van der Waals surface area contributed by atoms with E-state index in [1.54, 1.807) is 18.6 Å². The lowest BCUT2D eigenvalue weighted by molar-refractivity contribution is -0.389. The Kier molecular flexibility index (Phi) is 4.69. The number of ether oxygens (including phenoxy) is 1. The van der Waals surface area contributed by atoms with E-state index in [1.165, 1.54) is 12.5 Å². The van der Waals surface area contributed by atoms with Crippen molar-refractivity contribution in [1.82, 2.24) is 14.5 Å². The number of rotatable bonds is 6. The number of amides is 1. The summed E-state index contributed by atoms with van der Waals surface area (Å²) < 4.78 is 6.91. The topological polar surface area (TPSA) is 90.5 Å². The number of hydrogen-bond donors (Lipinski definition) is 0. The van der Waals surface area contributed by atoms with Crippen LogP contribution in [0.3, 0.4) is 0 Å². The van der Waals surface area contributed by atoms with E-state index in [-0.39, 0.29) is 23.8 Å². The number of nitrogens with zero attached hydrogens (tertiary/aromatic N) is 4. The van der Waals surface area contributed by atoms with Gasteiger partial charge in [0.05, 0.1) is 7.11 Å². The van der Waals surface area contributed by atoms with Crippen LogP contribution in [0.5, 0.6) is 5.75 Å². The van der Waals surface area contributed by atoms with Crippen LogP contribution in [0.25, 0.3) is 0 Å². The van der Waals surface area contributed by atoms with Gasteiger partial charge in [-0.25, -0.2) is 0 Å². The third-order valence-corrected chi connectivity index (χ3v) is 4.64. The quantitative estimate of drug-likeness (QED) is 0.593. The van der Waals surface area contributed by atoms with Crippen molar-refractivity contribution >= 4 is 11.7 Å². The molecule has 0 aliphatic heterocycles. The summed E-state index contributed by atoms with van der Waals surface area (Å²) in [6.45, 7) is 2.11. The maximum absolute atomic E-state index is 12.0. The standard InChI is InChI=1S/C17H20N4O4/c1-12(22)20(9-13-3-5-16(25-2)6-4-13)15-7-14(8-15)19-10-17(18-11-19)21(23)24/h3-6,10-11,14-15H,7-9H2,1-2H3. The number of aromatic nitrogens is 2. The molecule has 2 aromatic rings. The molecule has 1 fully saturated rings. The minimum Gasteiger partial charge on any atom is -0.497 e. The van der Waals surface area contributed by atoms with Gasteiger partial charge in [-0.3, -0.25) is 4.79 Å². The second-order valence-corrected chi connectivity index (χ2v) is 6.21. The van der Waals surface area contributed by atoms with E-state index in [9.17, 15) is 14.9 Å². The highest BCUT2D eigenvalue weighted by Gasteiger charge is 2.36. The van der Waals surface area contributed by atoms with Crippen molar-refractivity contribution < 1.29 is 14.5 Å². The van der Waals surface area contributed by atoms with Gasteiger partial charge in [0, 0.05) is 25.6 Å². The molecule has 0 unspecified atom stereocenters. The van der Waals surface area contributed by atoms with Crippen LogP contribution < -0.4 is 4.74 Å². The molecule has 1 aromatic carbocycles. The molecule has 0 radical (unpaired) electrons. The number of carbonyl (C=O) groups excluding carboxylic acids is 1. The van der Waals surface area contributed by atoms with Crippen LogP contribution in [0.1, 0.15) is 31.4 Å². The van der Waals surface area contributed by atoms with E-state index in [2.05, 4.69) is 4.98 Å². The number of methoxy groups -OCH3 is 1. The van der Waals surface area contributed by atoms with E-state index < -0.39 is 4.92 Å². The Hall–Kier alpha value is -2.90. The first-order valence-electron chi connectivity index (χ1n) is 8.06. The maximum Gasteiger partial charge on any atom is 0.381 e. The molecular formula is C17H20N4O4. The number of carbonyl (C=O) groups is 1. The minimum absolute atomic E-state index is 0.0240. The number of imidazole rings is 1. The molecule has 25 heavy (non-hydrogen) atoms. The Balaban J connectivity index is 1.62. The Morgan fingerprint density at radius 2 is 2.08 bits per heavy atom. The first-order chi connectivity index (χ1) is 12.0. The lowest BCUT2D eigenvalue weighted by atomic mass is 9.85. The van der Waals surface area contributed by atoms with Crippen molar-refractivity contribution in [3.63, 3.8) is 0 Å². The van der Waals surface area contributed by atoms with Gasteiger partial charge in [-0.05, 0) is 40.4 Å². The second-order valence-electron chi connectivity index (χ2n) is 6.21. The van der Waals surface area contributed by atoms with E-state index in [1.807, 2.05) is 29.2 Å². The van der Waals surface area contributed by atoms with Gasteiger partial charge in [0.2, 0.25) is 12.2 Å². The van der Waals surface area contributed by atoms with Gasteiger partial charge >= 0.3 is 5.82 Å². The summed E-state index contributed by atoms with van der Waals surface area (Å²) in [7, 11) is 1.62. The van der Waals surface area contributed by atoms with Crippen LogP contribution in [0.2, 0.25) is 0 Å². The van der Waals surface area contributed by atoms with Gasteiger partial charge in [0.1, 0.15) is 11.9 Å². The normalized spacial score (nSPS) is 19.1. The highest BCUT2D eigenvalue weighted by atomic mass is 16.6. The van der Waals surface area contributed by atoms with Crippen molar-refractivity contribution in [3.8, 4) is 5.75 Å². The summed E-state index contributed by atoms with van der Waals surface area (Å²) in [5, 5.41) is 10.7. The first kappa shape index (κ1) is 16.9. The third kappa shape index (κ3) is 3.62. The number of hydrogen-bond acceptors (Lipinski definition) is 5. The fourth-order valence-corrected chi connectivity index (χ4v) is 3.10. The van der Waals surface area contributed by atoms with Crippen molar-refractivity contribution in [2.75, 3.05) is 7.11 Å². The van der Waals surface area contributed by atoms with Crippen LogP contribution in [-0.2, 0) is 11.3 Å². The van der Waals surface area contributed by atoms with Crippen LogP contribution >= 0.6 is 0 Å². The zero-order valence-corrected chi connectivity index (χ0v) is 14.2. The monoisotopic (exact) mass is 344 g/mol. The van der Waals surface area contributed by atoms with Crippen LogP contribution in [0.15, 0.2) is 36.8 Å². The van der Waals surface area contributed by atoms with Gasteiger partial charge in [-0.15, -0.1) is 0 Å². The lowest BCUT2D eigenvalue weighted by Gasteiger charge is -2.42. The average Bonchev–Trinajstić information content (AvgIpc) is 3.03. The smallest absolute Gasteiger partial charge is 0.381 e. The summed E-state index contributed by atoms with van der Waals surface area (Å²) in [4.78, 5) is 27.9. The Morgan fingerprint density at radius 3 is 2.60 bits per heavy atom. The zero-order chi connectivity index (χ0) is 18.0. The molecule has 0 saturated heterocycles. The molecule has 1 amide bonds. The minimum atomic E-state index is -0.502. The fourth-order valence-electron chi connectivity index (χ4n) is 3.10. The molecule has 1 aliphatic carbocycles. The largest absolute Gasteiger partial charge is 0.497 e. The van der Waals surface area contributed by atoms with Crippen LogP contribution in [0.4, 0.5) is 5.82 Å². The Morgan fingerprint density at radius 1 is 1.40 bits per heavy atom. The third-order valence-electron chi connectivity index (χ3n) is 4.64. The fraction of sp³-hybridized carbons (Fsp3) is 0.412. The number of benzene rings is 1. The molecule has 1 heterocycles. The van der Waals surface area contributed by atoms with Crippen molar-refractivity contribution in [2.45, 2.75) is 38.4 Å². The molecule has 0 spiro atoms. The molecule has 8 nitrogen and oxygen atoms in total. The lowest BCUT2D eigenvalue weighted by Crippen LogP contribution is -2.47. The van der Waals surface area contributed by atoms with Crippen molar-refractivity contribution in [2.24, 2.45) is 0 Å². The summed E-state index contributed by atoms with van der Waals surface area (Å²) >= 11 is 0. The van der Waals surface area contributed by atoms with Gasteiger partial charge in [-0.2, -0.15) is 0 Å². The average molecular weight is 344 g/mol. The van der Waals surface area contributed by atoms with Crippen LogP contribution in [-0.4, -0.2) is 38.4 Å².